The number of amides is 2. The standard InChI is InChI=1S/C27H30N2O2S/c1-5-28(22-14-9-6-11-19(22)4)27(31)24-20-12-7-8-13-21(20)26(30)29(17-18(2)3)25(24)23-15-10-16-32-23/h6-16,18,24-25H,5,17H2,1-4H3/t24-,25-/m0/s1. The number of likely N-dealkylation sites (N-methyl/N-ethyl adjacent to an activating group) is 1. The van der Waals surface area contributed by atoms with Crippen LogP contribution in [0, 0.1) is 12.8 Å². The third-order valence-electron chi connectivity index (χ3n) is 6.09. The second-order valence-corrected chi connectivity index (χ2v) is 9.72. The van der Waals surface area contributed by atoms with Crippen molar-refractivity contribution in [2.45, 2.75) is 39.7 Å². The van der Waals surface area contributed by atoms with Crippen LogP contribution in [0.2, 0.25) is 0 Å². The zero-order chi connectivity index (χ0) is 22.8. The topological polar surface area (TPSA) is 40.6 Å². The molecule has 0 saturated heterocycles. The van der Waals surface area contributed by atoms with E-state index in [1.807, 2.05) is 89.7 Å². The maximum atomic E-state index is 14.3. The Morgan fingerprint density at radius 3 is 2.44 bits per heavy atom. The molecule has 2 atom stereocenters. The predicted octanol–water partition coefficient (Wildman–Crippen LogP) is 6.05. The average Bonchev–Trinajstić information content (AvgIpc) is 3.31. The summed E-state index contributed by atoms with van der Waals surface area (Å²) in [6.07, 6.45) is 0. The molecule has 0 fully saturated rings. The van der Waals surface area contributed by atoms with Gasteiger partial charge in [-0.05, 0) is 54.5 Å². The molecule has 0 radical (unpaired) electrons. The lowest BCUT2D eigenvalue weighted by Gasteiger charge is -2.43. The van der Waals surface area contributed by atoms with Crippen LogP contribution >= 0.6 is 11.3 Å². The lowest BCUT2D eigenvalue weighted by Crippen LogP contribution is -2.49. The number of para-hydroxylation sites is 1. The molecular weight excluding hydrogens is 416 g/mol. The highest BCUT2D eigenvalue weighted by Gasteiger charge is 2.46. The van der Waals surface area contributed by atoms with Crippen molar-refractivity contribution in [2.24, 2.45) is 5.92 Å². The minimum absolute atomic E-state index is 0.00990. The van der Waals surface area contributed by atoms with Crippen molar-refractivity contribution in [1.29, 1.82) is 0 Å². The summed E-state index contributed by atoms with van der Waals surface area (Å²) in [6, 6.07) is 19.4. The molecule has 0 aliphatic carbocycles. The van der Waals surface area contributed by atoms with Gasteiger partial charge >= 0.3 is 0 Å². The molecule has 1 aromatic heterocycles. The van der Waals surface area contributed by atoms with Crippen molar-refractivity contribution in [3.8, 4) is 0 Å². The Morgan fingerprint density at radius 1 is 1.06 bits per heavy atom. The SMILES string of the molecule is CCN(C(=O)[C@H]1c2ccccc2C(=O)N(CC(C)C)[C@H]1c1cccs1)c1ccccc1C. The minimum atomic E-state index is -0.458. The Morgan fingerprint density at radius 2 is 1.78 bits per heavy atom. The summed E-state index contributed by atoms with van der Waals surface area (Å²) in [6.45, 7) is 9.44. The molecule has 0 saturated carbocycles. The van der Waals surface area contributed by atoms with Gasteiger partial charge in [0, 0.05) is 29.2 Å². The summed E-state index contributed by atoms with van der Waals surface area (Å²) in [5, 5.41) is 2.02. The van der Waals surface area contributed by atoms with E-state index in [1.54, 1.807) is 11.3 Å². The van der Waals surface area contributed by atoms with E-state index >= 15 is 0 Å². The number of benzene rings is 2. The summed E-state index contributed by atoms with van der Waals surface area (Å²) in [5.41, 5.74) is 3.46. The van der Waals surface area contributed by atoms with Crippen molar-refractivity contribution in [3.05, 3.63) is 87.6 Å². The Bertz CT molecular complexity index is 1110. The number of carbonyl (C=O) groups excluding carboxylic acids is 2. The van der Waals surface area contributed by atoms with E-state index in [9.17, 15) is 9.59 Å². The summed E-state index contributed by atoms with van der Waals surface area (Å²) >= 11 is 1.61. The molecule has 4 nitrogen and oxygen atoms in total. The van der Waals surface area contributed by atoms with E-state index < -0.39 is 5.92 Å². The maximum Gasteiger partial charge on any atom is 0.254 e. The molecule has 1 aliphatic rings. The van der Waals surface area contributed by atoms with Gasteiger partial charge in [-0.3, -0.25) is 9.59 Å². The van der Waals surface area contributed by atoms with Crippen LogP contribution in [-0.4, -0.2) is 29.8 Å². The third kappa shape index (κ3) is 3.97. The van der Waals surface area contributed by atoms with Crippen LogP contribution in [0.1, 0.15) is 59.1 Å². The number of fused-ring (bicyclic) bond motifs is 1. The first-order valence-electron chi connectivity index (χ1n) is 11.2. The molecule has 1 aliphatic heterocycles. The Balaban J connectivity index is 1.89. The van der Waals surface area contributed by atoms with Gasteiger partial charge in [0.1, 0.15) is 0 Å². The molecule has 0 spiro atoms. The van der Waals surface area contributed by atoms with Crippen molar-refractivity contribution in [2.75, 3.05) is 18.0 Å². The molecule has 2 amide bonds. The third-order valence-corrected chi connectivity index (χ3v) is 7.03. The fourth-order valence-electron chi connectivity index (χ4n) is 4.71. The molecule has 5 heteroatoms. The molecule has 2 heterocycles. The number of rotatable bonds is 6. The number of nitrogens with zero attached hydrogens (tertiary/aromatic N) is 2. The highest BCUT2D eigenvalue weighted by molar-refractivity contribution is 7.10. The Kier molecular flexibility index (Phi) is 6.47. The van der Waals surface area contributed by atoms with Crippen molar-refractivity contribution < 1.29 is 9.59 Å². The van der Waals surface area contributed by atoms with Crippen molar-refractivity contribution in [3.63, 3.8) is 0 Å². The second-order valence-electron chi connectivity index (χ2n) is 8.75. The first kappa shape index (κ1) is 22.3. The summed E-state index contributed by atoms with van der Waals surface area (Å²) in [4.78, 5) is 32.7. The van der Waals surface area contributed by atoms with Gasteiger partial charge in [0.05, 0.1) is 12.0 Å². The number of hydrogen-bond donors (Lipinski definition) is 0. The van der Waals surface area contributed by atoms with Crippen LogP contribution in [0.5, 0.6) is 0 Å². The van der Waals surface area contributed by atoms with E-state index in [0.29, 0.717) is 24.6 Å². The monoisotopic (exact) mass is 446 g/mol. The lowest BCUT2D eigenvalue weighted by atomic mass is 9.80. The van der Waals surface area contributed by atoms with Gasteiger partial charge in [0.2, 0.25) is 5.91 Å². The molecule has 0 N–H and O–H groups in total. The van der Waals surface area contributed by atoms with Crippen LogP contribution in [0.3, 0.4) is 0 Å². The maximum absolute atomic E-state index is 14.3. The van der Waals surface area contributed by atoms with Crippen molar-refractivity contribution in [1.82, 2.24) is 4.90 Å². The number of thiophene rings is 1. The van der Waals surface area contributed by atoms with E-state index in [-0.39, 0.29) is 17.9 Å². The molecule has 2 aromatic carbocycles. The number of hydrogen-bond acceptors (Lipinski definition) is 3. The molecule has 32 heavy (non-hydrogen) atoms. The first-order chi connectivity index (χ1) is 15.4. The molecular formula is C27H30N2O2S. The van der Waals surface area contributed by atoms with E-state index in [1.165, 1.54) is 0 Å². The quantitative estimate of drug-likeness (QED) is 0.463. The zero-order valence-electron chi connectivity index (χ0n) is 19.1. The molecule has 4 rings (SSSR count). The van der Waals surface area contributed by atoms with Gasteiger partial charge < -0.3 is 9.80 Å². The molecule has 0 unspecified atom stereocenters. The Hall–Kier alpha value is -2.92. The lowest BCUT2D eigenvalue weighted by molar-refractivity contribution is -0.121. The molecule has 0 bridgehead atoms. The largest absolute Gasteiger partial charge is 0.329 e. The van der Waals surface area contributed by atoms with Gasteiger partial charge in [0.25, 0.3) is 5.91 Å². The molecule has 3 aromatic rings. The van der Waals surface area contributed by atoms with E-state index in [0.717, 1.165) is 21.7 Å². The number of anilines is 1. The average molecular weight is 447 g/mol. The summed E-state index contributed by atoms with van der Waals surface area (Å²) in [7, 11) is 0. The smallest absolute Gasteiger partial charge is 0.254 e. The predicted molar refractivity (Wildman–Crippen MR) is 131 cm³/mol. The molecule has 166 valence electrons. The van der Waals surface area contributed by atoms with Crippen LogP contribution in [0.25, 0.3) is 0 Å². The van der Waals surface area contributed by atoms with Crippen LogP contribution in [0.15, 0.2) is 66.0 Å². The van der Waals surface area contributed by atoms with Crippen molar-refractivity contribution >= 4 is 28.8 Å². The van der Waals surface area contributed by atoms with Gasteiger partial charge in [-0.15, -0.1) is 11.3 Å². The van der Waals surface area contributed by atoms with Crippen LogP contribution in [0.4, 0.5) is 5.69 Å². The fraction of sp³-hybridized carbons (Fsp3) is 0.333. The van der Waals surface area contributed by atoms with Crippen LogP contribution < -0.4 is 4.90 Å². The highest BCUT2D eigenvalue weighted by Crippen LogP contribution is 2.45. The highest BCUT2D eigenvalue weighted by atomic mass is 32.1. The normalized spacial score (nSPS) is 18.0. The second kappa shape index (κ2) is 9.29. The zero-order valence-corrected chi connectivity index (χ0v) is 19.9. The minimum Gasteiger partial charge on any atom is -0.329 e. The Labute approximate surface area is 194 Å². The van der Waals surface area contributed by atoms with Gasteiger partial charge in [-0.25, -0.2) is 0 Å². The first-order valence-corrected chi connectivity index (χ1v) is 12.1. The van der Waals surface area contributed by atoms with Gasteiger partial charge in [0.15, 0.2) is 0 Å². The summed E-state index contributed by atoms with van der Waals surface area (Å²) in [5.74, 6) is -0.119. The van der Waals surface area contributed by atoms with E-state index in [2.05, 4.69) is 13.8 Å². The summed E-state index contributed by atoms with van der Waals surface area (Å²) < 4.78 is 0. The van der Waals surface area contributed by atoms with Gasteiger partial charge in [-0.2, -0.15) is 0 Å². The number of carbonyl (C=O) groups is 2. The van der Waals surface area contributed by atoms with E-state index in [4.69, 9.17) is 0 Å². The number of aryl methyl sites for hydroxylation is 1. The van der Waals surface area contributed by atoms with Crippen LogP contribution in [-0.2, 0) is 4.79 Å². The fourth-order valence-corrected chi connectivity index (χ4v) is 5.58. The van der Waals surface area contributed by atoms with Gasteiger partial charge in [-0.1, -0.05) is 56.3 Å².